The van der Waals surface area contributed by atoms with Gasteiger partial charge < -0.3 is 15.0 Å². The zero-order chi connectivity index (χ0) is 48.0. The van der Waals surface area contributed by atoms with Crippen molar-refractivity contribution in [3.63, 3.8) is 0 Å². The van der Waals surface area contributed by atoms with Crippen LogP contribution < -0.4 is 0 Å². The Morgan fingerprint density at radius 1 is 0.380 bits per heavy atom. The van der Waals surface area contributed by atoms with Gasteiger partial charge in [0, 0.05) is 18.6 Å². The van der Waals surface area contributed by atoms with Crippen LogP contribution in [0.4, 0.5) is 0 Å². The number of aryl methyl sites for hydroxylation is 6. The monoisotopic (exact) mass is 1100 g/mol. The molecule has 348 valence electrons. The largest absolute Gasteiger partial charge is 3.00 e. The standard InChI is InChI=1S/C67H56N3.Ir/c1-46-15-35-64(69-44-46)55-25-21-48(22-26-55)17-19-50-39-51(20-18-49-23-27-56(28-24-49)65-36-16-47(2)45-70-65)41-58(40-50)60-13-9-10-14-61(60)62-34-33-57(66-43-59(37-38-68-66)67(3,4)5)42-63(62)54-31-29-53(30-32-54)52-11-7-6-8-12-52;/h6-16,21-25,27,29-32,34-45H,17-20H2,1-5H3;/q-3;+3. The van der Waals surface area contributed by atoms with Crippen LogP contribution in [0.5, 0.6) is 0 Å². The molecule has 0 aliphatic heterocycles. The van der Waals surface area contributed by atoms with Gasteiger partial charge in [-0.3, -0.25) is 0 Å². The first-order valence-electron chi connectivity index (χ1n) is 24.4. The van der Waals surface area contributed by atoms with E-state index >= 15 is 0 Å². The average molecular weight is 1100 g/mol. The van der Waals surface area contributed by atoms with E-state index in [0.717, 1.165) is 92.8 Å². The summed E-state index contributed by atoms with van der Waals surface area (Å²) in [6.07, 6.45) is 9.35. The van der Waals surface area contributed by atoms with Crippen LogP contribution in [-0.2, 0) is 51.2 Å². The number of hydrogen-bond donors (Lipinski definition) is 0. The fraction of sp³-hybridized carbons (Fsp3) is 0.149. The van der Waals surface area contributed by atoms with Crippen LogP contribution in [0.3, 0.4) is 0 Å². The Balaban J connectivity index is 0.00000624. The SMILES string of the molecule is Cc1ccc(-c2[c-]cc(CCc3cc(CCc4c[c-]c(-c5ccc(C)cn5)cc4)cc(-c4ccccc4-c4c[c-]c(-c5cc(C(C)(C)C)ccn5)cc4-c4ccc(-c5ccccc5)cc4)c3)cc2)nc1.[Ir+3]. The van der Waals surface area contributed by atoms with Crippen molar-refractivity contribution >= 4 is 0 Å². The van der Waals surface area contributed by atoms with Gasteiger partial charge in [-0.1, -0.05) is 178 Å². The molecule has 3 heterocycles. The molecule has 0 saturated carbocycles. The van der Waals surface area contributed by atoms with Gasteiger partial charge in [0.25, 0.3) is 0 Å². The summed E-state index contributed by atoms with van der Waals surface area (Å²) in [5.41, 5.74) is 23.8. The number of aromatic nitrogens is 3. The molecule has 0 atom stereocenters. The maximum absolute atomic E-state index is 4.88. The summed E-state index contributed by atoms with van der Waals surface area (Å²) in [5, 5.41) is 0. The Labute approximate surface area is 434 Å². The average Bonchev–Trinajstić information content (AvgIpc) is 3.40. The Kier molecular flexibility index (Phi) is 14.9. The molecule has 0 N–H and O–H groups in total. The van der Waals surface area contributed by atoms with Crippen LogP contribution in [0.2, 0.25) is 0 Å². The summed E-state index contributed by atoms with van der Waals surface area (Å²) in [5.74, 6) is 0. The zero-order valence-corrected chi connectivity index (χ0v) is 43.5. The Morgan fingerprint density at radius 2 is 0.915 bits per heavy atom. The van der Waals surface area contributed by atoms with E-state index in [1.165, 1.54) is 50.1 Å². The maximum Gasteiger partial charge on any atom is 3.00 e. The van der Waals surface area contributed by atoms with E-state index in [-0.39, 0.29) is 25.5 Å². The van der Waals surface area contributed by atoms with E-state index in [2.05, 4.69) is 245 Å². The first kappa shape index (κ1) is 48.7. The summed E-state index contributed by atoms with van der Waals surface area (Å²) in [6, 6.07) is 76.6. The summed E-state index contributed by atoms with van der Waals surface area (Å²) < 4.78 is 0. The van der Waals surface area contributed by atoms with Gasteiger partial charge in [0.05, 0.1) is 0 Å². The van der Waals surface area contributed by atoms with Crippen molar-refractivity contribution in [3.05, 3.63) is 258 Å². The van der Waals surface area contributed by atoms with Crippen molar-refractivity contribution in [1.82, 2.24) is 15.0 Å². The second-order valence-corrected chi connectivity index (χ2v) is 19.5. The van der Waals surface area contributed by atoms with Gasteiger partial charge in [-0.2, -0.15) is 0 Å². The van der Waals surface area contributed by atoms with E-state index in [1.807, 2.05) is 18.6 Å². The molecule has 10 aromatic rings. The zero-order valence-electron chi connectivity index (χ0n) is 41.1. The van der Waals surface area contributed by atoms with E-state index < -0.39 is 0 Å². The molecule has 3 nitrogen and oxygen atoms in total. The van der Waals surface area contributed by atoms with E-state index in [4.69, 9.17) is 4.98 Å². The Bertz CT molecular complexity index is 3260. The van der Waals surface area contributed by atoms with E-state index in [9.17, 15) is 0 Å². The quantitative estimate of drug-likeness (QED) is 0.108. The van der Waals surface area contributed by atoms with Gasteiger partial charge in [0.15, 0.2) is 0 Å². The van der Waals surface area contributed by atoms with Gasteiger partial charge in [-0.15, -0.1) is 94.5 Å². The van der Waals surface area contributed by atoms with Crippen LogP contribution in [0.1, 0.15) is 59.7 Å². The molecule has 0 aliphatic carbocycles. The van der Waals surface area contributed by atoms with Crippen molar-refractivity contribution in [1.29, 1.82) is 0 Å². The molecule has 0 spiro atoms. The third-order valence-electron chi connectivity index (χ3n) is 13.3. The van der Waals surface area contributed by atoms with Crippen LogP contribution >= 0.6 is 0 Å². The molecular formula is C67H56IrN3. The topological polar surface area (TPSA) is 38.7 Å². The molecule has 0 unspecified atom stereocenters. The van der Waals surface area contributed by atoms with Gasteiger partial charge in [0.1, 0.15) is 0 Å². The second kappa shape index (κ2) is 21.7. The predicted molar refractivity (Wildman–Crippen MR) is 290 cm³/mol. The van der Waals surface area contributed by atoms with Crippen LogP contribution in [0.25, 0.3) is 78.3 Å². The summed E-state index contributed by atoms with van der Waals surface area (Å²) >= 11 is 0. The minimum atomic E-state index is -0.00892. The van der Waals surface area contributed by atoms with Gasteiger partial charge >= 0.3 is 20.1 Å². The van der Waals surface area contributed by atoms with Gasteiger partial charge in [-0.05, 0) is 111 Å². The second-order valence-electron chi connectivity index (χ2n) is 19.5. The molecule has 0 fully saturated rings. The number of pyridine rings is 3. The maximum atomic E-state index is 4.88. The van der Waals surface area contributed by atoms with Gasteiger partial charge in [0.2, 0.25) is 0 Å². The Morgan fingerprint density at radius 3 is 1.46 bits per heavy atom. The molecule has 10 rings (SSSR count). The fourth-order valence-electron chi connectivity index (χ4n) is 9.17. The minimum Gasteiger partial charge on any atom is -0.305 e. The molecule has 0 aliphatic rings. The molecule has 71 heavy (non-hydrogen) atoms. The minimum absolute atomic E-state index is 0. The molecule has 0 bridgehead atoms. The molecule has 3 aromatic heterocycles. The predicted octanol–water partition coefficient (Wildman–Crippen LogP) is 16.4. The van der Waals surface area contributed by atoms with Crippen LogP contribution in [0, 0.1) is 32.0 Å². The van der Waals surface area contributed by atoms with Crippen LogP contribution in [-0.4, -0.2) is 15.0 Å². The van der Waals surface area contributed by atoms with Crippen molar-refractivity contribution in [3.8, 4) is 78.3 Å². The summed E-state index contributed by atoms with van der Waals surface area (Å²) in [7, 11) is 0. The van der Waals surface area contributed by atoms with Crippen molar-refractivity contribution in [2.24, 2.45) is 0 Å². The molecular weight excluding hydrogens is 1040 g/mol. The summed E-state index contributed by atoms with van der Waals surface area (Å²) in [4.78, 5) is 14.1. The third-order valence-corrected chi connectivity index (χ3v) is 13.3. The first-order chi connectivity index (χ1) is 34.1. The Hall–Kier alpha value is -7.36. The van der Waals surface area contributed by atoms with Crippen molar-refractivity contribution in [2.45, 2.75) is 65.7 Å². The van der Waals surface area contributed by atoms with Gasteiger partial charge in [-0.25, -0.2) is 0 Å². The number of rotatable bonds is 13. The molecule has 7 aromatic carbocycles. The van der Waals surface area contributed by atoms with E-state index in [0.29, 0.717) is 0 Å². The number of benzene rings is 7. The first-order valence-corrected chi connectivity index (χ1v) is 24.4. The molecule has 0 amide bonds. The molecule has 0 saturated heterocycles. The molecule has 0 radical (unpaired) electrons. The van der Waals surface area contributed by atoms with E-state index in [1.54, 1.807) is 0 Å². The number of hydrogen-bond acceptors (Lipinski definition) is 3. The van der Waals surface area contributed by atoms with Crippen molar-refractivity contribution in [2.75, 3.05) is 0 Å². The fourth-order valence-corrected chi connectivity index (χ4v) is 9.17. The number of nitrogens with zero attached hydrogens (tertiary/aromatic N) is 3. The molecule has 4 heteroatoms. The third kappa shape index (κ3) is 11.6. The van der Waals surface area contributed by atoms with Crippen molar-refractivity contribution < 1.29 is 20.1 Å². The summed E-state index contributed by atoms with van der Waals surface area (Å²) in [6.45, 7) is 10.9. The smallest absolute Gasteiger partial charge is 0.305 e. The normalized spacial score (nSPS) is 11.3. The van der Waals surface area contributed by atoms with Crippen LogP contribution in [0.15, 0.2) is 201 Å².